The van der Waals surface area contributed by atoms with E-state index in [0.717, 1.165) is 0 Å². The van der Waals surface area contributed by atoms with Crippen molar-refractivity contribution in [1.29, 1.82) is 0 Å². The third kappa shape index (κ3) is 938. The van der Waals surface area contributed by atoms with Gasteiger partial charge in [-0.2, -0.15) is 8.42 Å². The number of rotatable bonds is 0. The molecule has 0 aromatic rings. The first-order chi connectivity index (χ1) is 2.83. The number of hydrogen-bond acceptors (Lipinski definition) is 2. The summed E-state index contributed by atoms with van der Waals surface area (Å²) in [4.78, 5) is 0. The van der Waals surface area contributed by atoms with Crippen molar-refractivity contribution in [2.45, 2.75) is 20.3 Å². The van der Waals surface area contributed by atoms with Crippen LogP contribution in [0.2, 0.25) is 0 Å². The molecular weight excluding hydrogens is 100 g/mol. The minimum Gasteiger partial charge on any atom is -0.168 e. The maximum absolute atomic E-state index is 8.29. The van der Waals surface area contributed by atoms with Crippen molar-refractivity contribution in [2.75, 3.05) is 0 Å². The topological polar surface area (TPSA) is 34.1 Å². The van der Waals surface area contributed by atoms with E-state index in [2.05, 4.69) is 13.8 Å². The normalized spacial score (nSPS) is 5.00. The molecule has 0 aliphatic rings. The first kappa shape index (κ1) is 9.27. The molecule has 0 aliphatic heterocycles. The minimum atomic E-state index is -0.750. The monoisotopic (exact) mass is 108 g/mol. The quantitative estimate of drug-likeness (QED) is 0.458. The Balaban J connectivity index is 0. The van der Waals surface area contributed by atoms with Crippen LogP contribution in [-0.2, 0) is 11.6 Å². The second-order valence-electron chi connectivity index (χ2n) is 0.775. The van der Waals surface area contributed by atoms with E-state index in [-0.39, 0.29) is 0 Å². The minimum absolute atomic E-state index is 0.750. The SMILES string of the molecule is CCC.O=S=O. The van der Waals surface area contributed by atoms with Crippen LogP contribution in [0.1, 0.15) is 20.3 Å². The summed E-state index contributed by atoms with van der Waals surface area (Å²) < 4.78 is 16.6. The number of hydrogen-bond donors (Lipinski definition) is 0. The second-order valence-corrected chi connectivity index (χ2v) is 0.911. The van der Waals surface area contributed by atoms with Gasteiger partial charge >= 0.3 is 11.6 Å². The van der Waals surface area contributed by atoms with Crippen molar-refractivity contribution in [3.63, 3.8) is 0 Å². The van der Waals surface area contributed by atoms with Crippen LogP contribution in [0.3, 0.4) is 0 Å². The van der Waals surface area contributed by atoms with Gasteiger partial charge in [-0.1, -0.05) is 20.3 Å². The van der Waals surface area contributed by atoms with Crippen molar-refractivity contribution in [3.05, 3.63) is 0 Å². The molecule has 0 aliphatic carbocycles. The van der Waals surface area contributed by atoms with Crippen LogP contribution in [0.4, 0.5) is 0 Å². The summed E-state index contributed by atoms with van der Waals surface area (Å²) in [5.41, 5.74) is 0. The maximum atomic E-state index is 8.29. The largest absolute Gasteiger partial charge is 0.335 e. The first-order valence-corrected chi connectivity index (χ1v) is 2.41. The molecular formula is C3H8O2S. The summed E-state index contributed by atoms with van der Waals surface area (Å²) >= 11 is -0.750. The summed E-state index contributed by atoms with van der Waals surface area (Å²) in [5.74, 6) is 0. The molecule has 3 heteroatoms. The predicted octanol–water partition coefficient (Wildman–Crippen LogP) is 0.746. The zero-order valence-electron chi connectivity index (χ0n) is 3.93. The van der Waals surface area contributed by atoms with Crippen molar-refractivity contribution in [3.8, 4) is 0 Å². The van der Waals surface area contributed by atoms with Crippen molar-refractivity contribution >= 4 is 11.6 Å². The molecule has 0 atom stereocenters. The van der Waals surface area contributed by atoms with Gasteiger partial charge in [0, 0.05) is 0 Å². The fourth-order valence-electron chi connectivity index (χ4n) is 0. The van der Waals surface area contributed by atoms with Crippen LogP contribution in [0.5, 0.6) is 0 Å². The van der Waals surface area contributed by atoms with Crippen molar-refractivity contribution in [1.82, 2.24) is 0 Å². The molecule has 0 saturated carbocycles. The summed E-state index contributed by atoms with van der Waals surface area (Å²) in [7, 11) is 0. The van der Waals surface area contributed by atoms with E-state index in [1.807, 2.05) is 0 Å². The van der Waals surface area contributed by atoms with E-state index in [0.29, 0.717) is 0 Å². The van der Waals surface area contributed by atoms with Gasteiger partial charge in [-0.25, -0.2) is 0 Å². The lowest BCUT2D eigenvalue weighted by atomic mass is 10.6. The molecule has 0 spiro atoms. The Kier molecular flexibility index (Phi) is 32.8. The Morgan fingerprint density at radius 1 is 1.33 bits per heavy atom. The van der Waals surface area contributed by atoms with Crippen LogP contribution in [0.25, 0.3) is 0 Å². The third-order valence-corrected chi connectivity index (χ3v) is 0. The molecule has 0 aromatic carbocycles. The highest BCUT2D eigenvalue weighted by atomic mass is 32.1. The summed E-state index contributed by atoms with van der Waals surface area (Å²) in [5, 5.41) is 0. The van der Waals surface area contributed by atoms with E-state index in [9.17, 15) is 0 Å². The van der Waals surface area contributed by atoms with Crippen LogP contribution in [0, 0.1) is 0 Å². The Morgan fingerprint density at radius 2 is 1.33 bits per heavy atom. The molecule has 0 N–H and O–H groups in total. The van der Waals surface area contributed by atoms with Gasteiger partial charge in [0.25, 0.3) is 0 Å². The van der Waals surface area contributed by atoms with Gasteiger partial charge in [0.15, 0.2) is 0 Å². The van der Waals surface area contributed by atoms with Gasteiger partial charge in [0.05, 0.1) is 0 Å². The van der Waals surface area contributed by atoms with Gasteiger partial charge in [-0.15, -0.1) is 0 Å². The molecule has 38 valence electrons. The van der Waals surface area contributed by atoms with Gasteiger partial charge in [-0.3, -0.25) is 0 Å². The molecule has 0 heterocycles. The van der Waals surface area contributed by atoms with Crippen LogP contribution in [0.15, 0.2) is 0 Å². The van der Waals surface area contributed by atoms with Gasteiger partial charge < -0.3 is 0 Å². The van der Waals surface area contributed by atoms with E-state index in [1.165, 1.54) is 6.42 Å². The van der Waals surface area contributed by atoms with E-state index in [1.54, 1.807) is 0 Å². The molecule has 6 heavy (non-hydrogen) atoms. The Hall–Kier alpha value is -0.180. The lowest BCUT2D eigenvalue weighted by molar-refractivity contribution is 0.630. The van der Waals surface area contributed by atoms with Crippen molar-refractivity contribution in [2.24, 2.45) is 0 Å². The second kappa shape index (κ2) is 21.2. The van der Waals surface area contributed by atoms with Gasteiger partial charge in [-0.05, 0) is 0 Å². The average molecular weight is 108 g/mol. The zero-order valence-corrected chi connectivity index (χ0v) is 4.75. The molecule has 0 fully saturated rings. The fourth-order valence-corrected chi connectivity index (χ4v) is 0. The van der Waals surface area contributed by atoms with Crippen LogP contribution in [-0.4, -0.2) is 8.42 Å². The summed E-state index contributed by atoms with van der Waals surface area (Å²) in [6.07, 6.45) is 1.25. The molecule has 0 bridgehead atoms. The fraction of sp³-hybridized carbons (Fsp3) is 1.00. The lowest BCUT2D eigenvalue weighted by Gasteiger charge is -1.48. The standard InChI is InChI=1S/C3H8.O2S/c2*1-3-2/h3H2,1-2H3;. The molecule has 0 saturated heterocycles. The molecule has 0 rings (SSSR count). The predicted molar refractivity (Wildman–Crippen MR) is 24.9 cm³/mol. The highest BCUT2D eigenvalue weighted by Crippen LogP contribution is 1.56. The smallest absolute Gasteiger partial charge is 0.168 e. The van der Waals surface area contributed by atoms with Gasteiger partial charge in [0.1, 0.15) is 0 Å². The van der Waals surface area contributed by atoms with E-state index in [4.69, 9.17) is 8.42 Å². The molecule has 0 aromatic heterocycles. The van der Waals surface area contributed by atoms with E-state index >= 15 is 0 Å². The lowest BCUT2D eigenvalue weighted by Crippen LogP contribution is -1.27. The molecule has 0 radical (unpaired) electrons. The third-order valence-electron chi connectivity index (χ3n) is 0. The van der Waals surface area contributed by atoms with Crippen molar-refractivity contribution < 1.29 is 8.42 Å². The Labute approximate surface area is 41.2 Å². The Morgan fingerprint density at radius 3 is 1.33 bits per heavy atom. The van der Waals surface area contributed by atoms with E-state index < -0.39 is 11.6 Å². The molecule has 0 unspecified atom stereocenters. The zero-order chi connectivity index (χ0) is 5.41. The van der Waals surface area contributed by atoms with Crippen LogP contribution >= 0.6 is 0 Å². The van der Waals surface area contributed by atoms with Gasteiger partial charge in [0.2, 0.25) is 0 Å². The highest BCUT2D eigenvalue weighted by Gasteiger charge is 1.35. The maximum Gasteiger partial charge on any atom is 0.335 e. The Bertz CT molecular complexity index is 38.1. The summed E-state index contributed by atoms with van der Waals surface area (Å²) in [6.45, 7) is 4.25. The molecule has 2 nitrogen and oxygen atoms in total. The first-order valence-electron chi connectivity index (χ1n) is 1.75. The highest BCUT2D eigenvalue weighted by molar-refractivity contribution is 7.51. The average Bonchev–Trinajstić information content (AvgIpc) is 1.39. The van der Waals surface area contributed by atoms with Crippen LogP contribution < -0.4 is 0 Å². The summed E-state index contributed by atoms with van der Waals surface area (Å²) in [6, 6.07) is 0. The molecule has 0 amide bonds.